The molecule has 4 nitrogen and oxygen atoms in total. The summed E-state index contributed by atoms with van der Waals surface area (Å²) >= 11 is 0. The number of carbonyl (C=O) groups excluding carboxylic acids is 1. The lowest BCUT2D eigenvalue weighted by Crippen LogP contribution is -2.06. The zero-order chi connectivity index (χ0) is 12.3. The first-order valence-electron chi connectivity index (χ1n) is 4.78. The molecule has 0 aliphatic carbocycles. The van der Waals surface area contributed by atoms with E-state index in [0.717, 1.165) is 11.1 Å². The molecule has 0 saturated carbocycles. The Labute approximate surface area is 95.1 Å². The normalized spacial score (nSPS) is 11.5. The Morgan fingerprint density at radius 2 is 1.75 bits per heavy atom. The summed E-state index contributed by atoms with van der Waals surface area (Å²) in [6.07, 6.45) is 0. The fourth-order valence-electron chi connectivity index (χ4n) is 1.35. The average Bonchev–Trinajstić information content (AvgIpc) is 2.30. The van der Waals surface area contributed by atoms with Gasteiger partial charge in [0.25, 0.3) is 5.52 Å². The van der Waals surface area contributed by atoms with Crippen LogP contribution in [0.5, 0.6) is 0 Å². The van der Waals surface area contributed by atoms with Gasteiger partial charge in [-0.2, -0.15) is 0 Å². The molecule has 1 aromatic carbocycles. The summed E-state index contributed by atoms with van der Waals surface area (Å²) in [7, 11) is -1.28. The van der Waals surface area contributed by atoms with Gasteiger partial charge in [-0.1, -0.05) is 17.7 Å². The first-order chi connectivity index (χ1) is 7.44. The maximum absolute atomic E-state index is 12.0. The summed E-state index contributed by atoms with van der Waals surface area (Å²) in [6, 6.07) is 5.37. The lowest BCUT2D eigenvalue weighted by atomic mass is 10.1. The van der Waals surface area contributed by atoms with Gasteiger partial charge < -0.3 is 9.05 Å². The van der Waals surface area contributed by atoms with Crippen LogP contribution < -0.4 is 0 Å². The second kappa shape index (κ2) is 4.91. The molecule has 0 unspecified atom stereocenters. The Kier molecular flexibility index (Phi) is 4.03. The van der Waals surface area contributed by atoms with Crippen molar-refractivity contribution in [3.63, 3.8) is 0 Å². The first kappa shape index (κ1) is 13.1. The molecule has 0 heterocycles. The Balaban J connectivity index is 3.24. The van der Waals surface area contributed by atoms with Crippen molar-refractivity contribution in [2.75, 3.05) is 14.2 Å². The fraction of sp³-hybridized carbons (Fsp3) is 0.364. The Bertz CT molecular complexity index is 445. The predicted molar refractivity (Wildman–Crippen MR) is 61.9 cm³/mol. The lowest BCUT2D eigenvalue weighted by molar-refractivity contribution is 0.102. The molecule has 0 aromatic heterocycles. The van der Waals surface area contributed by atoms with Gasteiger partial charge in [0.2, 0.25) is 0 Å². The van der Waals surface area contributed by atoms with Crippen LogP contribution in [0.15, 0.2) is 18.2 Å². The van der Waals surface area contributed by atoms with Gasteiger partial charge >= 0.3 is 7.60 Å². The van der Waals surface area contributed by atoms with Gasteiger partial charge in [-0.15, -0.1) is 0 Å². The molecule has 1 aromatic rings. The second-order valence-corrected chi connectivity index (χ2v) is 5.62. The first-order valence-corrected chi connectivity index (χ1v) is 6.32. The van der Waals surface area contributed by atoms with E-state index in [2.05, 4.69) is 9.05 Å². The topological polar surface area (TPSA) is 52.6 Å². The smallest absolute Gasteiger partial charge is 0.306 e. The summed E-state index contributed by atoms with van der Waals surface area (Å²) in [5.41, 5.74) is 1.46. The van der Waals surface area contributed by atoms with E-state index in [4.69, 9.17) is 0 Å². The van der Waals surface area contributed by atoms with Crippen molar-refractivity contribution >= 4 is 13.1 Å². The average molecular weight is 242 g/mol. The Morgan fingerprint density at radius 1 is 1.19 bits per heavy atom. The molecule has 0 aliphatic heterocycles. The Hall–Kier alpha value is -0.960. The van der Waals surface area contributed by atoms with Crippen LogP contribution in [0.4, 0.5) is 0 Å². The second-order valence-electron chi connectivity index (χ2n) is 3.49. The highest BCUT2D eigenvalue weighted by Crippen LogP contribution is 2.49. The molecule has 0 N–H and O–H groups in total. The summed E-state index contributed by atoms with van der Waals surface area (Å²) in [4.78, 5) is 12.0. The van der Waals surface area contributed by atoms with Gasteiger partial charge in [0.05, 0.1) is 0 Å². The number of hydrogen-bond acceptors (Lipinski definition) is 4. The summed E-state index contributed by atoms with van der Waals surface area (Å²) in [5, 5.41) is 0. The van der Waals surface area contributed by atoms with Crippen molar-refractivity contribution in [2.45, 2.75) is 13.8 Å². The van der Waals surface area contributed by atoms with E-state index < -0.39 is 13.1 Å². The minimum atomic E-state index is -3.68. The van der Waals surface area contributed by atoms with Crippen LogP contribution in [0, 0.1) is 13.8 Å². The Morgan fingerprint density at radius 3 is 2.25 bits per heavy atom. The standard InChI is InChI=1S/C11H15O4P/c1-8-5-6-9(2)10(7-8)11(12)16(13,14-3)15-4/h5-7H,1-4H3. The molecule has 16 heavy (non-hydrogen) atoms. The summed E-state index contributed by atoms with van der Waals surface area (Å²) in [5.74, 6) is 0. The lowest BCUT2D eigenvalue weighted by Gasteiger charge is -2.13. The highest BCUT2D eigenvalue weighted by molar-refractivity contribution is 7.72. The molecule has 0 amide bonds. The molecular formula is C11H15O4P. The van der Waals surface area contributed by atoms with Gasteiger partial charge in [-0.3, -0.25) is 9.36 Å². The number of aryl methyl sites for hydroxylation is 2. The summed E-state index contributed by atoms with van der Waals surface area (Å²) in [6.45, 7) is 3.64. The minimum absolute atomic E-state index is 0.382. The monoisotopic (exact) mass is 242 g/mol. The maximum atomic E-state index is 12.0. The van der Waals surface area contributed by atoms with Crippen molar-refractivity contribution < 1.29 is 18.4 Å². The molecule has 88 valence electrons. The van der Waals surface area contributed by atoms with Crippen molar-refractivity contribution in [3.05, 3.63) is 34.9 Å². The van der Waals surface area contributed by atoms with E-state index in [-0.39, 0.29) is 0 Å². The third-order valence-electron chi connectivity index (χ3n) is 2.35. The van der Waals surface area contributed by atoms with E-state index in [9.17, 15) is 9.36 Å². The largest absolute Gasteiger partial charge is 0.401 e. The van der Waals surface area contributed by atoms with Crippen molar-refractivity contribution in [1.82, 2.24) is 0 Å². The molecule has 0 fully saturated rings. The zero-order valence-electron chi connectivity index (χ0n) is 9.81. The number of carbonyl (C=O) groups is 1. The van der Waals surface area contributed by atoms with Crippen LogP contribution in [0.2, 0.25) is 0 Å². The van der Waals surface area contributed by atoms with Gasteiger partial charge in [0.15, 0.2) is 0 Å². The van der Waals surface area contributed by atoms with E-state index in [1.807, 2.05) is 13.0 Å². The van der Waals surface area contributed by atoms with E-state index >= 15 is 0 Å². The van der Waals surface area contributed by atoms with Gasteiger partial charge in [0, 0.05) is 19.8 Å². The molecule has 5 heteroatoms. The predicted octanol–water partition coefficient (Wildman–Crippen LogP) is 2.93. The van der Waals surface area contributed by atoms with Gasteiger partial charge in [0.1, 0.15) is 0 Å². The van der Waals surface area contributed by atoms with Crippen molar-refractivity contribution in [3.8, 4) is 0 Å². The number of rotatable bonds is 4. The molecule has 0 radical (unpaired) electrons. The minimum Gasteiger partial charge on any atom is -0.306 e. The zero-order valence-corrected chi connectivity index (χ0v) is 10.7. The van der Waals surface area contributed by atoms with Crippen LogP contribution in [-0.2, 0) is 13.6 Å². The van der Waals surface area contributed by atoms with Crippen molar-refractivity contribution in [2.24, 2.45) is 0 Å². The molecular weight excluding hydrogens is 227 g/mol. The third-order valence-corrected chi connectivity index (χ3v) is 4.05. The highest BCUT2D eigenvalue weighted by Gasteiger charge is 2.34. The molecule has 0 spiro atoms. The van der Waals surface area contributed by atoms with Crippen LogP contribution in [0.25, 0.3) is 0 Å². The molecule has 0 saturated heterocycles. The maximum Gasteiger partial charge on any atom is 0.401 e. The van der Waals surface area contributed by atoms with Crippen LogP contribution in [0.3, 0.4) is 0 Å². The number of hydrogen-bond donors (Lipinski definition) is 0. The van der Waals surface area contributed by atoms with Gasteiger partial charge in [-0.25, -0.2) is 0 Å². The highest BCUT2D eigenvalue weighted by atomic mass is 31.2. The molecule has 1 rings (SSSR count). The van der Waals surface area contributed by atoms with Crippen LogP contribution in [-0.4, -0.2) is 19.7 Å². The molecule has 0 atom stereocenters. The summed E-state index contributed by atoms with van der Waals surface area (Å²) < 4.78 is 21.3. The SMILES string of the molecule is COP(=O)(OC)C(=O)c1cc(C)ccc1C. The van der Waals surface area contributed by atoms with Gasteiger partial charge in [-0.05, 0) is 25.5 Å². The van der Waals surface area contributed by atoms with Crippen LogP contribution >= 0.6 is 7.60 Å². The third kappa shape index (κ3) is 2.40. The number of benzene rings is 1. The quantitative estimate of drug-likeness (QED) is 0.762. The van der Waals surface area contributed by atoms with Crippen molar-refractivity contribution in [1.29, 1.82) is 0 Å². The van der Waals surface area contributed by atoms with E-state index in [1.54, 1.807) is 19.1 Å². The van der Waals surface area contributed by atoms with E-state index in [0.29, 0.717) is 5.56 Å². The molecule has 0 aliphatic rings. The van der Waals surface area contributed by atoms with Crippen LogP contribution in [0.1, 0.15) is 21.5 Å². The van der Waals surface area contributed by atoms with E-state index in [1.165, 1.54) is 14.2 Å². The fourth-order valence-corrected chi connectivity index (χ4v) is 2.37. The molecule has 0 bridgehead atoms.